The van der Waals surface area contributed by atoms with Crippen LogP contribution >= 0.6 is 0 Å². The number of nitrogens with zero attached hydrogens (tertiary/aromatic N) is 3. The van der Waals surface area contributed by atoms with Gasteiger partial charge in [0.25, 0.3) is 0 Å². The number of hydrogen-bond donors (Lipinski definition) is 1. The Balaban J connectivity index is 2.56. The maximum Gasteiger partial charge on any atom is 0.110 e. The molecule has 4 heteroatoms. The lowest BCUT2D eigenvalue weighted by atomic mass is 10.1. The lowest BCUT2D eigenvalue weighted by Crippen LogP contribution is -2.35. The minimum absolute atomic E-state index is 0.528. The Morgan fingerprint density at radius 3 is 2.74 bits per heavy atom. The Morgan fingerprint density at radius 1 is 1.32 bits per heavy atom. The molecule has 4 nitrogen and oxygen atoms in total. The Kier molecular flexibility index (Phi) is 7.75. The predicted molar refractivity (Wildman–Crippen MR) is 81.5 cm³/mol. The molecule has 0 saturated carbocycles. The predicted octanol–water partition coefficient (Wildman–Crippen LogP) is 2.16. The van der Waals surface area contributed by atoms with E-state index in [1.165, 1.54) is 18.7 Å². The molecule has 0 aliphatic carbocycles. The molecule has 110 valence electrons. The molecule has 0 fully saturated rings. The molecule has 1 atom stereocenters. The molecule has 19 heavy (non-hydrogen) atoms. The number of nitrogens with one attached hydrogen (secondary N) is 1. The third-order valence-electron chi connectivity index (χ3n) is 3.30. The van der Waals surface area contributed by atoms with Crippen molar-refractivity contribution in [3.05, 3.63) is 18.2 Å². The highest BCUT2D eigenvalue weighted by Gasteiger charge is 2.12. The van der Waals surface area contributed by atoms with Gasteiger partial charge in [-0.2, -0.15) is 0 Å². The summed E-state index contributed by atoms with van der Waals surface area (Å²) in [5.74, 6) is 1.22. The Morgan fingerprint density at radius 2 is 2.11 bits per heavy atom. The first-order valence-corrected chi connectivity index (χ1v) is 7.55. The minimum atomic E-state index is 0.528. The second-order valence-corrected chi connectivity index (χ2v) is 5.48. The summed E-state index contributed by atoms with van der Waals surface area (Å²) in [5.41, 5.74) is 0. The third-order valence-corrected chi connectivity index (χ3v) is 3.30. The Labute approximate surface area is 118 Å². The number of imidazole rings is 1. The number of aromatic nitrogens is 2. The lowest BCUT2D eigenvalue weighted by Gasteiger charge is -2.21. The van der Waals surface area contributed by atoms with Crippen LogP contribution in [0, 0.1) is 0 Å². The fourth-order valence-electron chi connectivity index (χ4n) is 2.23. The van der Waals surface area contributed by atoms with Gasteiger partial charge in [0.1, 0.15) is 5.82 Å². The summed E-state index contributed by atoms with van der Waals surface area (Å²) in [4.78, 5) is 6.77. The first kappa shape index (κ1) is 16.2. The van der Waals surface area contributed by atoms with Gasteiger partial charge in [-0.25, -0.2) is 4.98 Å². The molecule has 1 heterocycles. The molecule has 0 aromatic carbocycles. The van der Waals surface area contributed by atoms with Crippen LogP contribution in [0.4, 0.5) is 0 Å². The highest BCUT2D eigenvalue weighted by atomic mass is 15.1. The van der Waals surface area contributed by atoms with E-state index in [2.05, 4.69) is 53.9 Å². The molecule has 0 saturated heterocycles. The summed E-state index contributed by atoms with van der Waals surface area (Å²) in [7, 11) is 4.27. The Hall–Kier alpha value is -0.870. The highest BCUT2D eigenvalue weighted by Crippen LogP contribution is 2.06. The van der Waals surface area contributed by atoms with Crippen molar-refractivity contribution < 1.29 is 0 Å². The lowest BCUT2D eigenvalue weighted by molar-refractivity contribution is 0.352. The van der Waals surface area contributed by atoms with E-state index in [1.807, 2.05) is 6.20 Å². The molecule has 0 amide bonds. The molecule has 1 N–H and O–H groups in total. The quantitative estimate of drug-likeness (QED) is 0.704. The second-order valence-electron chi connectivity index (χ2n) is 5.48. The molecule has 1 rings (SSSR count). The van der Waals surface area contributed by atoms with E-state index in [4.69, 9.17) is 0 Å². The number of hydrogen-bond acceptors (Lipinski definition) is 3. The maximum absolute atomic E-state index is 4.52. The van der Waals surface area contributed by atoms with E-state index in [0.717, 1.165) is 32.5 Å². The van der Waals surface area contributed by atoms with Crippen molar-refractivity contribution in [2.45, 2.75) is 52.1 Å². The number of aryl methyl sites for hydroxylation is 1. The van der Waals surface area contributed by atoms with Crippen molar-refractivity contribution in [2.24, 2.45) is 0 Å². The molecular formula is C15H30N4. The van der Waals surface area contributed by atoms with Gasteiger partial charge < -0.3 is 14.8 Å². The molecule has 1 aromatic heterocycles. The van der Waals surface area contributed by atoms with Crippen LogP contribution in [0.5, 0.6) is 0 Å². The van der Waals surface area contributed by atoms with E-state index in [1.54, 1.807) is 0 Å². The molecule has 1 aromatic rings. The fourth-order valence-corrected chi connectivity index (χ4v) is 2.23. The molecule has 0 aliphatic rings. The van der Waals surface area contributed by atoms with E-state index in [0.29, 0.717) is 6.04 Å². The second kappa shape index (κ2) is 9.10. The minimum Gasteiger partial charge on any atom is -0.335 e. The molecule has 0 spiro atoms. The van der Waals surface area contributed by atoms with Crippen LogP contribution in [0.1, 0.15) is 38.9 Å². The summed E-state index contributed by atoms with van der Waals surface area (Å²) in [5, 5.41) is 3.65. The summed E-state index contributed by atoms with van der Waals surface area (Å²) in [6.07, 6.45) is 8.57. The van der Waals surface area contributed by atoms with Gasteiger partial charge in [0.05, 0.1) is 0 Å². The molecule has 0 radical (unpaired) electrons. The van der Waals surface area contributed by atoms with Gasteiger partial charge in [-0.3, -0.25) is 0 Å². The van der Waals surface area contributed by atoms with E-state index < -0.39 is 0 Å². The highest BCUT2D eigenvalue weighted by molar-refractivity contribution is 4.95. The topological polar surface area (TPSA) is 33.1 Å². The summed E-state index contributed by atoms with van der Waals surface area (Å²) in [6, 6.07) is 0.528. The van der Waals surface area contributed by atoms with Crippen molar-refractivity contribution in [1.82, 2.24) is 19.8 Å². The van der Waals surface area contributed by atoms with Crippen LogP contribution in [0.25, 0.3) is 0 Å². The summed E-state index contributed by atoms with van der Waals surface area (Å²) in [6.45, 7) is 7.71. The number of rotatable bonds is 10. The normalized spacial score (nSPS) is 13.1. The smallest absolute Gasteiger partial charge is 0.110 e. The van der Waals surface area contributed by atoms with Crippen LogP contribution < -0.4 is 5.32 Å². The van der Waals surface area contributed by atoms with E-state index in [9.17, 15) is 0 Å². The zero-order valence-electron chi connectivity index (χ0n) is 13.0. The standard InChI is InChI=1S/C15H30N4/c1-5-8-16-14(7-11-18(3)4)13-15-17-9-12-19(15)10-6-2/h9,12,14,16H,5-8,10-11,13H2,1-4H3. The average Bonchev–Trinajstić information content (AvgIpc) is 2.80. The first-order valence-electron chi connectivity index (χ1n) is 7.55. The van der Waals surface area contributed by atoms with Crippen LogP contribution in [-0.2, 0) is 13.0 Å². The van der Waals surface area contributed by atoms with Crippen molar-refractivity contribution >= 4 is 0 Å². The van der Waals surface area contributed by atoms with Crippen molar-refractivity contribution in [3.8, 4) is 0 Å². The van der Waals surface area contributed by atoms with Crippen LogP contribution in [0.2, 0.25) is 0 Å². The summed E-state index contributed by atoms with van der Waals surface area (Å²) >= 11 is 0. The third kappa shape index (κ3) is 6.21. The largest absolute Gasteiger partial charge is 0.335 e. The van der Waals surface area contributed by atoms with Gasteiger partial charge in [-0.1, -0.05) is 13.8 Å². The molecule has 0 aliphatic heterocycles. The zero-order valence-corrected chi connectivity index (χ0v) is 13.0. The Bertz CT molecular complexity index is 333. The van der Waals surface area contributed by atoms with Gasteiger partial charge >= 0.3 is 0 Å². The first-order chi connectivity index (χ1) is 9.17. The van der Waals surface area contributed by atoms with E-state index in [-0.39, 0.29) is 0 Å². The average molecular weight is 266 g/mol. The molecular weight excluding hydrogens is 236 g/mol. The van der Waals surface area contributed by atoms with Gasteiger partial charge in [0, 0.05) is 31.4 Å². The maximum atomic E-state index is 4.52. The van der Waals surface area contributed by atoms with E-state index >= 15 is 0 Å². The van der Waals surface area contributed by atoms with Crippen LogP contribution in [0.3, 0.4) is 0 Å². The monoisotopic (exact) mass is 266 g/mol. The SMILES string of the molecule is CCCNC(CCN(C)C)Cc1nccn1CCC. The zero-order chi connectivity index (χ0) is 14.1. The fraction of sp³-hybridized carbons (Fsp3) is 0.800. The van der Waals surface area contributed by atoms with Gasteiger partial charge in [-0.05, 0) is 46.4 Å². The van der Waals surface area contributed by atoms with Gasteiger partial charge in [0.15, 0.2) is 0 Å². The van der Waals surface area contributed by atoms with Crippen LogP contribution in [0.15, 0.2) is 12.4 Å². The summed E-state index contributed by atoms with van der Waals surface area (Å²) < 4.78 is 2.29. The van der Waals surface area contributed by atoms with Gasteiger partial charge in [-0.15, -0.1) is 0 Å². The molecule has 0 bridgehead atoms. The van der Waals surface area contributed by atoms with Crippen molar-refractivity contribution in [3.63, 3.8) is 0 Å². The molecule has 1 unspecified atom stereocenters. The van der Waals surface area contributed by atoms with Crippen molar-refractivity contribution in [2.75, 3.05) is 27.2 Å². The van der Waals surface area contributed by atoms with Crippen LogP contribution in [-0.4, -0.2) is 47.7 Å². The van der Waals surface area contributed by atoms with Gasteiger partial charge in [0.2, 0.25) is 0 Å². The van der Waals surface area contributed by atoms with Crippen molar-refractivity contribution in [1.29, 1.82) is 0 Å².